The number of halogens is 2. The number of hydrogen-bond donors (Lipinski definition) is 2. The summed E-state index contributed by atoms with van der Waals surface area (Å²) in [6.07, 6.45) is 5.73. The molecule has 0 radical (unpaired) electrons. The van der Waals surface area contributed by atoms with Gasteiger partial charge in [-0.1, -0.05) is 43.2 Å². The molecule has 1 aliphatic heterocycles. The number of benzene rings is 2. The van der Waals surface area contributed by atoms with E-state index < -0.39 is 5.60 Å². The van der Waals surface area contributed by atoms with Crippen LogP contribution in [0.2, 0.25) is 0 Å². The monoisotopic (exact) mass is 672 g/mol. The Kier molecular flexibility index (Phi) is 12.2. The lowest BCUT2D eigenvalue weighted by Gasteiger charge is -2.41. The summed E-state index contributed by atoms with van der Waals surface area (Å²) in [5.74, 6) is 1.61. The van der Waals surface area contributed by atoms with Crippen molar-refractivity contribution in [2.45, 2.75) is 56.7 Å². The fraction of sp³-hybridized carbons (Fsp3) is 0.455. The molecule has 46 heavy (non-hydrogen) atoms. The van der Waals surface area contributed by atoms with Gasteiger partial charge in [-0.15, -0.1) is 35.0 Å². The van der Waals surface area contributed by atoms with Crippen LogP contribution < -0.4 is 10.1 Å². The van der Waals surface area contributed by atoms with Crippen molar-refractivity contribution in [3.63, 3.8) is 0 Å². The topological polar surface area (TPSA) is 128 Å². The van der Waals surface area contributed by atoms with E-state index in [0.29, 0.717) is 56.6 Å². The number of hydrogen-bond acceptors (Lipinski definition) is 9. The lowest BCUT2D eigenvalue weighted by Crippen LogP contribution is -2.54. The second-order valence-corrected chi connectivity index (χ2v) is 11.7. The Morgan fingerprint density at radius 3 is 2.59 bits per heavy atom. The number of ether oxygens (including phenoxy) is 2. The van der Waals surface area contributed by atoms with Crippen LogP contribution >= 0.6 is 24.8 Å². The normalized spacial score (nSPS) is 21.2. The minimum absolute atomic E-state index is 0. The van der Waals surface area contributed by atoms with Gasteiger partial charge < -0.3 is 33.8 Å². The van der Waals surface area contributed by atoms with Crippen molar-refractivity contribution < 1.29 is 23.8 Å². The fourth-order valence-corrected chi connectivity index (χ4v) is 6.50. The summed E-state index contributed by atoms with van der Waals surface area (Å²) in [4.78, 5) is 20.9. The van der Waals surface area contributed by atoms with E-state index in [9.17, 15) is 9.90 Å². The number of carbonyl (C=O) groups excluding carboxylic acids is 1. The molecule has 13 heteroatoms. The minimum Gasteiger partial charge on any atom is -0.494 e. The number of aromatic nitrogens is 4. The molecule has 2 aromatic carbocycles. The Morgan fingerprint density at radius 1 is 1.09 bits per heavy atom. The first-order valence-corrected chi connectivity index (χ1v) is 15.4. The highest BCUT2D eigenvalue weighted by molar-refractivity contribution is 5.98. The van der Waals surface area contributed by atoms with Crippen molar-refractivity contribution in [1.29, 1.82) is 0 Å². The number of nitrogens with one attached hydrogen (secondary N) is 1. The summed E-state index contributed by atoms with van der Waals surface area (Å²) in [5.41, 5.74) is 1.83. The van der Waals surface area contributed by atoms with Crippen molar-refractivity contribution in [2.75, 3.05) is 40.0 Å². The lowest BCUT2D eigenvalue weighted by atomic mass is 9.80. The molecule has 2 fully saturated rings. The van der Waals surface area contributed by atoms with Crippen LogP contribution in [0.25, 0.3) is 22.7 Å². The summed E-state index contributed by atoms with van der Waals surface area (Å²) in [5, 5.41) is 23.0. The SMILES string of the molecule is COC[C@]1(O)CCCC[C@H]1n1cnc(C(=O)N2CCNC[C@H]2CCOc2ccc(-c3nnc(C)o3)cc2)c1-c1ccccc1.Cl.Cl. The summed E-state index contributed by atoms with van der Waals surface area (Å²) in [6, 6.07) is 17.1. The number of aryl methyl sites for hydroxylation is 1. The smallest absolute Gasteiger partial charge is 0.275 e. The molecule has 1 saturated heterocycles. The summed E-state index contributed by atoms with van der Waals surface area (Å²) < 4.78 is 19.0. The third kappa shape index (κ3) is 7.56. The predicted molar refractivity (Wildman–Crippen MR) is 179 cm³/mol. The molecular weight excluding hydrogens is 631 g/mol. The molecule has 248 valence electrons. The Balaban J connectivity index is 0.00000240. The maximum atomic E-state index is 14.3. The second kappa shape index (κ2) is 15.9. The van der Waals surface area contributed by atoms with Gasteiger partial charge in [0.1, 0.15) is 11.4 Å². The zero-order chi connectivity index (χ0) is 30.5. The van der Waals surface area contributed by atoms with E-state index in [1.165, 1.54) is 0 Å². The highest BCUT2D eigenvalue weighted by Gasteiger charge is 2.42. The van der Waals surface area contributed by atoms with Gasteiger partial charge in [-0.3, -0.25) is 4.79 Å². The Hall–Kier alpha value is -3.48. The average Bonchev–Trinajstić information content (AvgIpc) is 3.69. The molecule has 0 bridgehead atoms. The predicted octanol–water partition coefficient (Wildman–Crippen LogP) is 5.13. The van der Waals surface area contributed by atoms with Crippen LogP contribution in [-0.2, 0) is 4.74 Å². The summed E-state index contributed by atoms with van der Waals surface area (Å²) in [6.45, 7) is 4.38. The van der Waals surface area contributed by atoms with E-state index >= 15 is 0 Å². The van der Waals surface area contributed by atoms with Crippen LogP contribution in [0.4, 0.5) is 0 Å². The summed E-state index contributed by atoms with van der Waals surface area (Å²) in [7, 11) is 1.62. The fourth-order valence-electron chi connectivity index (χ4n) is 6.50. The van der Waals surface area contributed by atoms with Crippen molar-refractivity contribution in [3.05, 3.63) is 72.5 Å². The van der Waals surface area contributed by atoms with Crippen LogP contribution in [0.1, 0.15) is 54.5 Å². The molecule has 2 aromatic heterocycles. The molecule has 2 aliphatic rings. The quantitative estimate of drug-likeness (QED) is 0.236. The van der Waals surface area contributed by atoms with Crippen LogP contribution in [-0.4, -0.2) is 87.3 Å². The third-order valence-corrected chi connectivity index (χ3v) is 8.69. The zero-order valence-corrected chi connectivity index (χ0v) is 27.8. The number of methoxy groups -OCH3 is 1. The average molecular weight is 674 g/mol. The van der Waals surface area contributed by atoms with Crippen LogP contribution in [0.15, 0.2) is 65.3 Å². The van der Waals surface area contributed by atoms with Crippen LogP contribution in [0.3, 0.4) is 0 Å². The first-order valence-electron chi connectivity index (χ1n) is 15.4. The van der Waals surface area contributed by atoms with Crippen LogP contribution in [0.5, 0.6) is 5.75 Å². The molecule has 11 nitrogen and oxygen atoms in total. The van der Waals surface area contributed by atoms with Crippen molar-refractivity contribution in [3.8, 4) is 28.5 Å². The number of nitrogens with zero attached hydrogens (tertiary/aromatic N) is 5. The maximum absolute atomic E-state index is 14.3. The molecule has 4 aromatic rings. The van der Waals surface area contributed by atoms with Gasteiger partial charge >= 0.3 is 0 Å². The maximum Gasteiger partial charge on any atom is 0.275 e. The number of amides is 1. The van der Waals surface area contributed by atoms with Crippen molar-refractivity contribution in [1.82, 2.24) is 30.0 Å². The second-order valence-electron chi connectivity index (χ2n) is 11.7. The highest BCUT2D eigenvalue weighted by Crippen LogP contribution is 2.41. The van der Waals surface area contributed by atoms with Gasteiger partial charge in [0.2, 0.25) is 11.8 Å². The first kappa shape index (κ1) is 35.4. The number of aliphatic hydroxyl groups is 1. The molecule has 1 aliphatic carbocycles. The molecule has 0 spiro atoms. The molecule has 1 saturated carbocycles. The molecule has 0 unspecified atom stereocenters. The third-order valence-electron chi connectivity index (χ3n) is 8.69. The van der Waals surface area contributed by atoms with E-state index in [1.54, 1.807) is 20.4 Å². The first-order chi connectivity index (χ1) is 21.5. The van der Waals surface area contributed by atoms with Gasteiger partial charge in [-0.25, -0.2) is 4.98 Å². The van der Waals surface area contributed by atoms with E-state index in [-0.39, 0.29) is 49.4 Å². The molecule has 2 N–H and O–H groups in total. The van der Waals surface area contributed by atoms with Gasteiger partial charge in [0.05, 0.1) is 31.3 Å². The van der Waals surface area contributed by atoms with Crippen LogP contribution in [0, 0.1) is 6.92 Å². The summed E-state index contributed by atoms with van der Waals surface area (Å²) >= 11 is 0. The number of piperazine rings is 1. The lowest BCUT2D eigenvalue weighted by molar-refractivity contribution is -0.0893. The standard InChI is InChI=1S/C33H40N6O5.2ClH/c1-23-36-37-31(44-23)25-11-13-27(14-12-25)43-19-15-26-20-34-17-18-38(26)32(40)29-30(24-8-4-3-5-9-24)39(22-35-29)28-10-6-7-16-33(28,41)21-42-2;;/h3-5,8-9,11-14,22,26,28,34,41H,6-7,10,15-21H2,1-2H3;2*1H/t26-,28-,33-;;/m1../s1. The number of carbonyl (C=O) groups is 1. The Morgan fingerprint density at radius 2 is 1.87 bits per heavy atom. The van der Waals surface area contributed by atoms with E-state index in [2.05, 4.69) is 15.5 Å². The number of imidazole rings is 1. The Labute approximate surface area is 281 Å². The molecule has 1 amide bonds. The minimum atomic E-state index is -1.03. The van der Waals surface area contributed by atoms with E-state index in [4.69, 9.17) is 18.9 Å². The van der Waals surface area contributed by atoms with E-state index in [1.807, 2.05) is 64.1 Å². The highest BCUT2D eigenvalue weighted by atomic mass is 35.5. The zero-order valence-electron chi connectivity index (χ0n) is 26.1. The van der Waals surface area contributed by atoms with Gasteiger partial charge in [0, 0.05) is 57.3 Å². The molecule has 3 heterocycles. The van der Waals surface area contributed by atoms with Gasteiger partial charge in [0.25, 0.3) is 5.91 Å². The molecule has 3 atom stereocenters. The van der Waals surface area contributed by atoms with Crippen molar-refractivity contribution >= 4 is 30.7 Å². The van der Waals surface area contributed by atoms with Gasteiger partial charge in [-0.2, -0.15) is 0 Å². The van der Waals surface area contributed by atoms with Gasteiger partial charge in [-0.05, 0) is 37.1 Å². The van der Waals surface area contributed by atoms with Gasteiger partial charge in [0.15, 0.2) is 5.69 Å². The van der Waals surface area contributed by atoms with E-state index in [0.717, 1.165) is 41.8 Å². The number of rotatable bonds is 10. The largest absolute Gasteiger partial charge is 0.494 e. The molecule has 6 rings (SSSR count). The van der Waals surface area contributed by atoms with Crippen molar-refractivity contribution in [2.24, 2.45) is 0 Å². The molecular formula is C33H42Cl2N6O5. The Bertz CT molecular complexity index is 1550.